The molecule has 8 nitrogen and oxygen atoms in total. The van der Waals surface area contributed by atoms with E-state index >= 15 is 0 Å². The molecule has 27 heavy (non-hydrogen) atoms. The topological polar surface area (TPSA) is 101 Å². The van der Waals surface area contributed by atoms with Crippen LogP contribution in [0.5, 0.6) is 0 Å². The van der Waals surface area contributed by atoms with Gasteiger partial charge in [0.25, 0.3) is 5.91 Å². The average Bonchev–Trinajstić information content (AvgIpc) is 3.16. The number of carbonyl (C=O) groups excluding carboxylic acids is 1. The standard InChI is InChI=1S/C19H19N5O3/c25-18(15-8-14-5-1-2-6-16(14)20-9-15)23-7-3-4-13(10-23)11-24-12-17(19(26)27)21-22-24/h1-2,5-6,8-9,12-13H,3-4,7,10-11H2,(H,26,27)/t13-/m0/s1. The van der Waals surface area contributed by atoms with E-state index in [9.17, 15) is 9.59 Å². The molecule has 1 aliphatic rings. The maximum Gasteiger partial charge on any atom is 0.358 e. The van der Waals surface area contributed by atoms with E-state index < -0.39 is 5.97 Å². The molecule has 1 fully saturated rings. The molecule has 3 heterocycles. The number of aromatic nitrogens is 4. The number of fused-ring (bicyclic) bond motifs is 1. The summed E-state index contributed by atoms with van der Waals surface area (Å²) in [6, 6.07) is 9.60. The van der Waals surface area contributed by atoms with E-state index in [0.29, 0.717) is 25.2 Å². The van der Waals surface area contributed by atoms with Crippen LogP contribution in [-0.2, 0) is 6.54 Å². The molecule has 2 aromatic heterocycles. The summed E-state index contributed by atoms with van der Waals surface area (Å²) in [6.07, 6.45) is 4.92. The van der Waals surface area contributed by atoms with Crippen LogP contribution in [0.1, 0.15) is 33.7 Å². The number of amides is 1. The lowest BCUT2D eigenvalue weighted by Crippen LogP contribution is -2.41. The van der Waals surface area contributed by atoms with Crippen molar-refractivity contribution in [3.05, 3.63) is 54.0 Å². The first-order valence-electron chi connectivity index (χ1n) is 8.87. The zero-order valence-electron chi connectivity index (χ0n) is 14.7. The van der Waals surface area contributed by atoms with Gasteiger partial charge in [-0.25, -0.2) is 4.79 Å². The third-order valence-corrected chi connectivity index (χ3v) is 4.85. The number of pyridine rings is 1. The minimum Gasteiger partial charge on any atom is -0.476 e. The fourth-order valence-corrected chi connectivity index (χ4v) is 3.52. The number of hydrogen-bond donors (Lipinski definition) is 1. The van der Waals surface area contributed by atoms with Gasteiger partial charge in [-0.3, -0.25) is 14.5 Å². The third kappa shape index (κ3) is 3.64. The molecule has 1 amide bonds. The normalized spacial score (nSPS) is 17.2. The molecule has 0 aliphatic carbocycles. The Morgan fingerprint density at radius 2 is 2.11 bits per heavy atom. The smallest absolute Gasteiger partial charge is 0.358 e. The largest absolute Gasteiger partial charge is 0.476 e. The molecule has 1 atom stereocenters. The number of likely N-dealkylation sites (tertiary alicyclic amines) is 1. The van der Waals surface area contributed by atoms with E-state index in [1.165, 1.54) is 6.20 Å². The van der Waals surface area contributed by atoms with Gasteiger partial charge in [0.15, 0.2) is 5.69 Å². The molecule has 8 heteroatoms. The number of rotatable bonds is 4. The Hall–Kier alpha value is -3.29. The van der Waals surface area contributed by atoms with Crippen LogP contribution in [0, 0.1) is 5.92 Å². The first-order valence-corrected chi connectivity index (χ1v) is 8.87. The summed E-state index contributed by atoms with van der Waals surface area (Å²) < 4.78 is 1.54. The van der Waals surface area contributed by atoms with Crippen LogP contribution in [0.25, 0.3) is 10.9 Å². The lowest BCUT2D eigenvalue weighted by molar-refractivity contribution is 0.0658. The molecule has 138 valence electrons. The first-order chi connectivity index (χ1) is 13.1. The Bertz CT molecular complexity index is 1000. The van der Waals surface area contributed by atoms with Gasteiger partial charge in [0.05, 0.1) is 17.3 Å². The highest BCUT2D eigenvalue weighted by Crippen LogP contribution is 2.21. The Morgan fingerprint density at radius 3 is 2.93 bits per heavy atom. The summed E-state index contributed by atoms with van der Waals surface area (Å²) in [4.78, 5) is 30.1. The van der Waals surface area contributed by atoms with Gasteiger partial charge in [-0.05, 0) is 30.9 Å². The molecule has 0 saturated carbocycles. The van der Waals surface area contributed by atoms with E-state index in [1.54, 1.807) is 10.9 Å². The van der Waals surface area contributed by atoms with Crippen LogP contribution in [0.2, 0.25) is 0 Å². The van der Waals surface area contributed by atoms with Gasteiger partial charge in [0.2, 0.25) is 0 Å². The SMILES string of the molecule is O=C(O)c1cn(C[C@H]2CCCN(C(=O)c3cnc4ccccc4c3)C2)nn1. The lowest BCUT2D eigenvalue weighted by atomic mass is 9.97. The van der Waals surface area contributed by atoms with Crippen LogP contribution in [0.15, 0.2) is 42.7 Å². The Morgan fingerprint density at radius 1 is 1.26 bits per heavy atom. The number of benzene rings is 1. The van der Waals surface area contributed by atoms with Gasteiger partial charge in [-0.15, -0.1) is 5.10 Å². The van der Waals surface area contributed by atoms with Crippen molar-refractivity contribution in [2.24, 2.45) is 5.92 Å². The first kappa shape index (κ1) is 17.1. The summed E-state index contributed by atoms with van der Waals surface area (Å²) in [5.74, 6) is -0.910. The molecule has 0 radical (unpaired) electrons. The molecule has 3 aromatic rings. The molecular formula is C19H19N5O3. The molecule has 1 aliphatic heterocycles. The number of carboxylic acids is 1. The zero-order valence-corrected chi connectivity index (χ0v) is 14.7. The van der Waals surface area contributed by atoms with Crippen molar-refractivity contribution in [1.82, 2.24) is 24.9 Å². The van der Waals surface area contributed by atoms with E-state index in [0.717, 1.165) is 23.7 Å². The molecule has 4 rings (SSSR count). The summed E-state index contributed by atoms with van der Waals surface area (Å²) >= 11 is 0. The highest BCUT2D eigenvalue weighted by Gasteiger charge is 2.25. The molecule has 1 aromatic carbocycles. The van der Waals surface area contributed by atoms with Crippen molar-refractivity contribution in [3.63, 3.8) is 0 Å². The number of carbonyl (C=O) groups is 2. The molecule has 1 N–H and O–H groups in total. The minimum atomic E-state index is -1.09. The quantitative estimate of drug-likeness (QED) is 0.760. The number of nitrogens with zero attached hydrogens (tertiary/aromatic N) is 5. The van der Waals surface area contributed by atoms with Gasteiger partial charge in [-0.1, -0.05) is 23.4 Å². The van der Waals surface area contributed by atoms with Crippen LogP contribution in [0.4, 0.5) is 0 Å². The van der Waals surface area contributed by atoms with Gasteiger partial charge in [0.1, 0.15) is 0 Å². The lowest BCUT2D eigenvalue weighted by Gasteiger charge is -2.32. The van der Waals surface area contributed by atoms with Crippen molar-refractivity contribution in [1.29, 1.82) is 0 Å². The number of aromatic carboxylic acids is 1. The Kier molecular flexibility index (Phi) is 4.53. The Balaban J connectivity index is 1.46. The van der Waals surface area contributed by atoms with Crippen molar-refractivity contribution < 1.29 is 14.7 Å². The zero-order chi connectivity index (χ0) is 18.8. The highest BCUT2D eigenvalue weighted by atomic mass is 16.4. The van der Waals surface area contributed by atoms with Gasteiger partial charge in [0, 0.05) is 31.2 Å². The van der Waals surface area contributed by atoms with Crippen LogP contribution in [0.3, 0.4) is 0 Å². The predicted octanol–water partition coefficient (Wildman–Crippen LogP) is 2.08. The molecule has 0 bridgehead atoms. The summed E-state index contributed by atoms with van der Waals surface area (Å²) in [5.41, 5.74) is 1.38. The van der Waals surface area contributed by atoms with Crippen molar-refractivity contribution in [2.45, 2.75) is 19.4 Å². The van der Waals surface area contributed by atoms with Crippen LogP contribution in [-0.4, -0.2) is 55.0 Å². The van der Waals surface area contributed by atoms with Crippen molar-refractivity contribution in [3.8, 4) is 0 Å². The van der Waals surface area contributed by atoms with Crippen molar-refractivity contribution in [2.75, 3.05) is 13.1 Å². The van der Waals surface area contributed by atoms with E-state index in [1.807, 2.05) is 35.2 Å². The number of hydrogen-bond acceptors (Lipinski definition) is 5. The van der Waals surface area contributed by atoms with E-state index in [4.69, 9.17) is 5.11 Å². The number of para-hydroxylation sites is 1. The predicted molar refractivity (Wildman–Crippen MR) is 97.4 cm³/mol. The van der Waals surface area contributed by atoms with Gasteiger partial charge >= 0.3 is 5.97 Å². The summed E-state index contributed by atoms with van der Waals surface area (Å²) in [7, 11) is 0. The van der Waals surface area contributed by atoms with E-state index in [2.05, 4.69) is 15.3 Å². The number of piperidine rings is 1. The maximum atomic E-state index is 12.9. The molecule has 0 unspecified atom stereocenters. The highest BCUT2D eigenvalue weighted by molar-refractivity contribution is 5.97. The summed E-state index contributed by atoms with van der Waals surface area (Å²) in [5, 5.41) is 17.4. The van der Waals surface area contributed by atoms with Gasteiger partial charge in [-0.2, -0.15) is 0 Å². The second kappa shape index (κ2) is 7.14. The van der Waals surface area contributed by atoms with Crippen LogP contribution >= 0.6 is 0 Å². The van der Waals surface area contributed by atoms with E-state index in [-0.39, 0.29) is 17.5 Å². The Labute approximate surface area is 155 Å². The fraction of sp³-hybridized carbons (Fsp3) is 0.316. The molecule has 1 saturated heterocycles. The minimum absolute atomic E-state index is 0.0252. The fourth-order valence-electron chi connectivity index (χ4n) is 3.52. The summed E-state index contributed by atoms with van der Waals surface area (Å²) in [6.45, 7) is 1.86. The second-order valence-corrected chi connectivity index (χ2v) is 6.81. The maximum absolute atomic E-state index is 12.9. The number of carboxylic acid groups (broad SMARTS) is 1. The molecular weight excluding hydrogens is 346 g/mol. The second-order valence-electron chi connectivity index (χ2n) is 6.81. The average molecular weight is 365 g/mol. The van der Waals surface area contributed by atoms with Crippen LogP contribution < -0.4 is 0 Å². The van der Waals surface area contributed by atoms with Crippen molar-refractivity contribution >= 4 is 22.8 Å². The monoisotopic (exact) mass is 365 g/mol. The van der Waals surface area contributed by atoms with Gasteiger partial charge < -0.3 is 10.0 Å². The molecule has 0 spiro atoms. The third-order valence-electron chi connectivity index (χ3n) is 4.85.